The van der Waals surface area contributed by atoms with Gasteiger partial charge < -0.3 is 40.5 Å². The minimum Gasteiger partial charge on any atom is -0.480 e. The molecule has 5 N–H and O–H groups in total. The van der Waals surface area contributed by atoms with Gasteiger partial charge in [0.1, 0.15) is 17.9 Å². The molecule has 7 rings (SSSR count). The molecule has 2 unspecified atom stereocenters. The number of carboxylic acid groups (broad SMARTS) is 1. The summed E-state index contributed by atoms with van der Waals surface area (Å²) in [5, 5.41) is 47.3. The Morgan fingerprint density at radius 1 is 0.885 bits per heavy atom. The average Bonchev–Trinajstić information content (AvgIpc) is 3.66. The number of fused-ring (bicyclic) bond motifs is 6. The molecule has 0 aliphatic heterocycles. The summed E-state index contributed by atoms with van der Waals surface area (Å²) < 4.78 is 6.42. The van der Waals surface area contributed by atoms with Gasteiger partial charge in [-0.3, -0.25) is 24.0 Å². The summed E-state index contributed by atoms with van der Waals surface area (Å²) in [5.41, 5.74) is 1.25. The molecule has 1 aromatic carbocycles. The SMILES string of the molecule is CC1=C(C)C(=O)C(C(C)(C)CC(=O)N(C)CCN(CCCC(=O)NCCCCC(NC(=O)CCC(C)[C@H]2CC[C@H]3[C@@H]4[C@@H](O)C[C@@H]5C[C@H](O)CC[C@]5(C)[C@H]4CC[C@]23C)C(=O)O)C(=O)Oc2ccc3nc(C#N)sc3c2)=C(C)C1=O. The topological polar surface area (TPSA) is 257 Å². The molecular weight excluding hydrogens is 1010 g/mol. The van der Waals surface area contributed by atoms with Gasteiger partial charge in [0, 0.05) is 86.3 Å². The Morgan fingerprint density at radius 3 is 2.31 bits per heavy atom. The van der Waals surface area contributed by atoms with E-state index in [1.54, 1.807) is 59.9 Å². The molecule has 18 heteroatoms. The Morgan fingerprint density at radius 2 is 1.59 bits per heavy atom. The van der Waals surface area contributed by atoms with Crippen LogP contribution in [0.3, 0.4) is 0 Å². The van der Waals surface area contributed by atoms with E-state index in [0.29, 0.717) is 75.4 Å². The number of nitriles is 1. The van der Waals surface area contributed by atoms with Gasteiger partial charge in [-0.1, -0.05) is 34.6 Å². The van der Waals surface area contributed by atoms with Crippen molar-refractivity contribution in [2.75, 3.05) is 33.2 Å². The summed E-state index contributed by atoms with van der Waals surface area (Å²) in [5.74, 6) is -0.0114. The number of carbonyl (C=O) groups excluding carboxylic acids is 6. The van der Waals surface area contributed by atoms with Crippen LogP contribution >= 0.6 is 11.3 Å². The van der Waals surface area contributed by atoms with Crippen LogP contribution in [0.15, 0.2) is 40.5 Å². The first kappa shape index (κ1) is 60.1. The molecule has 5 aliphatic rings. The van der Waals surface area contributed by atoms with Gasteiger partial charge in [-0.2, -0.15) is 5.26 Å². The number of ether oxygens (including phenoxy) is 1. The van der Waals surface area contributed by atoms with Crippen molar-refractivity contribution >= 4 is 62.9 Å². The number of hydrogen-bond acceptors (Lipinski definition) is 13. The Labute approximate surface area is 464 Å². The first-order valence-electron chi connectivity index (χ1n) is 28.4. The van der Waals surface area contributed by atoms with Gasteiger partial charge in [0.05, 0.1) is 22.4 Å². The van der Waals surface area contributed by atoms with Crippen molar-refractivity contribution in [1.29, 1.82) is 5.26 Å². The number of benzene rings is 1. The lowest BCUT2D eigenvalue weighted by atomic mass is 9.43. The fourth-order valence-electron chi connectivity index (χ4n) is 14.9. The van der Waals surface area contributed by atoms with Crippen molar-refractivity contribution in [3.8, 4) is 11.8 Å². The van der Waals surface area contributed by atoms with Crippen LogP contribution in [-0.2, 0) is 28.8 Å². The molecular formula is C60H84N6O11S. The number of aliphatic hydroxyl groups is 2. The highest BCUT2D eigenvalue weighted by atomic mass is 32.1. The molecule has 5 aliphatic carbocycles. The summed E-state index contributed by atoms with van der Waals surface area (Å²) in [6, 6.07) is 5.80. The number of likely N-dealkylation sites (N-methyl/N-ethyl adjacent to an activating group) is 1. The zero-order valence-electron chi connectivity index (χ0n) is 47.4. The van der Waals surface area contributed by atoms with Crippen molar-refractivity contribution < 1.29 is 53.6 Å². The van der Waals surface area contributed by atoms with E-state index in [1.165, 1.54) is 9.80 Å². The minimum atomic E-state index is -1.11. The molecule has 17 nitrogen and oxygen atoms in total. The number of aliphatic carboxylic acids is 1. The van der Waals surface area contributed by atoms with Gasteiger partial charge in [0.25, 0.3) is 0 Å². The normalized spacial score (nSPS) is 27.7. The smallest absolute Gasteiger partial charge is 0.415 e. The van der Waals surface area contributed by atoms with E-state index in [0.717, 1.165) is 62.7 Å². The summed E-state index contributed by atoms with van der Waals surface area (Å²) in [7, 11) is 1.59. The molecule has 0 bridgehead atoms. The van der Waals surface area contributed by atoms with E-state index in [2.05, 4.69) is 36.4 Å². The average molecular weight is 1100 g/mol. The fraction of sp³-hybridized carbons (Fsp3) is 0.683. The van der Waals surface area contributed by atoms with E-state index in [4.69, 9.17) is 4.74 Å². The number of carbonyl (C=O) groups is 7. The van der Waals surface area contributed by atoms with Gasteiger partial charge in [-0.05, 0) is 163 Å². The molecule has 0 radical (unpaired) electrons. The van der Waals surface area contributed by atoms with Crippen LogP contribution < -0.4 is 15.4 Å². The Bertz CT molecular complexity index is 2740. The third-order valence-electron chi connectivity index (χ3n) is 19.5. The lowest BCUT2D eigenvalue weighted by molar-refractivity contribution is -0.174. The molecule has 4 saturated carbocycles. The lowest BCUT2D eigenvalue weighted by Gasteiger charge is -2.62. The zero-order valence-corrected chi connectivity index (χ0v) is 48.2. The molecule has 0 spiro atoms. The van der Waals surface area contributed by atoms with Gasteiger partial charge in [-0.15, -0.1) is 11.3 Å². The van der Waals surface area contributed by atoms with Crippen LogP contribution in [0.1, 0.15) is 163 Å². The van der Waals surface area contributed by atoms with Crippen LogP contribution in [-0.4, -0.2) is 123 Å². The highest BCUT2D eigenvalue weighted by Crippen LogP contribution is 2.68. The molecule has 426 valence electrons. The quantitative estimate of drug-likeness (QED) is 0.0547. The number of carboxylic acids is 1. The lowest BCUT2D eigenvalue weighted by Crippen LogP contribution is -2.58. The minimum absolute atomic E-state index is 0.0474. The van der Waals surface area contributed by atoms with Crippen LogP contribution in [0, 0.1) is 63.1 Å². The van der Waals surface area contributed by atoms with Crippen molar-refractivity contribution in [2.45, 2.75) is 176 Å². The van der Waals surface area contributed by atoms with E-state index >= 15 is 0 Å². The van der Waals surface area contributed by atoms with Crippen molar-refractivity contribution in [3.63, 3.8) is 0 Å². The van der Waals surface area contributed by atoms with Crippen molar-refractivity contribution in [2.24, 2.45) is 51.8 Å². The van der Waals surface area contributed by atoms with E-state index in [9.17, 15) is 54.1 Å². The molecule has 1 heterocycles. The summed E-state index contributed by atoms with van der Waals surface area (Å²) in [4.78, 5) is 99.4. The van der Waals surface area contributed by atoms with Gasteiger partial charge in [0.2, 0.25) is 17.7 Å². The zero-order chi connectivity index (χ0) is 57.0. The number of thiazole rings is 1. The maximum atomic E-state index is 13.7. The summed E-state index contributed by atoms with van der Waals surface area (Å²) in [6.07, 6.45) is 8.69. The number of aliphatic hydroxyl groups excluding tert-OH is 2. The summed E-state index contributed by atoms with van der Waals surface area (Å²) >= 11 is 1.16. The van der Waals surface area contributed by atoms with E-state index < -0.39 is 23.5 Å². The molecule has 1 aromatic heterocycles. The second-order valence-corrected chi connectivity index (χ2v) is 25.8. The van der Waals surface area contributed by atoms with Crippen LogP contribution in [0.2, 0.25) is 0 Å². The third-order valence-corrected chi connectivity index (χ3v) is 20.4. The van der Waals surface area contributed by atoms with E-state index in [1.807, 2.05) is 6.07 Å². The molecule has 2 aromatic rings. The van der Waals surface area contributed by atoms with Crippen molar-refractivity contribution in [1.82, 2.24) is 25.4 Å². The third kappa shape index (κ3) is 13.1. The maximum absolute atomic E-state index is 13.7. The Kier molecular flexibility index (Phi) is 19.2. The molecule has 78 heavy (non-hydrogen) atoms. The number of aromatic nitrogens is 1. The fourth-order valence-corrected chi connectivity index (χ4v) is 15.7. The number of hydrogen-bond donors (Lipinski definition) is 5. The highest BCUT2D eigenvalue weighted by Gasteiger charge is 2.63. The molecule has 11 atom stereocenters. The monoisotopic (exact) mass is 1100 g/mol. The largest absolute Gasteiger partial charge is 0.480 e. The number of amides is 4. The number of nitrogens with one attached hydrogen (secondary N) is 2. The van der Waals surface area contributed by atoms with E-state index in [-0.39, 0.29) is 133 Å². The first-order valence-corrected chi connectivity index (χ1v) is 29.3. The predicted octanol–water partition coefficient (Wildman–Crippen LogP) is 8.69. The van der Waals surface area contributed by atoms with Crippen molar-refractivity contribution in [3.05, 3.63) is 45.5 Å². The van der Waals surface area contributed by atoms with Crippen LogP contribution in [0.25, 0.3) is 10.2 Å². The molecule has 4 fully saturated rings. The summed E-state index contributed by atoms with van der Waals surface area (Å²) in [6.45, 7) is 16.0. The predicted molar refractivity (Wildman–Crippen MR) is 296 cm³/mol. The standard InChI is InChI=1S/C60H84N6O11S/c1-34(41-17-18-42-52-43(22-24-60(41,42)8)59(7)23-21-39(67)29-38(59)30-46(52)68)15-20-49(70)63-45(56(74)75)13-10-11-25-62-48(69)14-12-26-66(57(76)77-40-16-19-44-47(31-40)78-50(33-61)64-44)28-27-65(9)51(71)32-58(5,6)53-37(4)54(72)35(2)36(3)55(53)73/h16,19,31,34,38-39,41-43,45-46,52,67-68H,10-15,17-18,20-30,32H2,1-9H3,(H,62,69)(H,63,70)(H,74,75)/t34?,38-,39+,41+,42-,43-,45?,46-,52-,59-,60+/m0/s1. The van der Waals surface area contributed by atoms with Gasteiger partial charge in [-0.25, -0.2) is 14.6 Å². The number of Topliss-reactive ketones (excluding diaryl/α,β-unsaturated/α-hetero) is 2. The number of rotatable bonds is 22. The van der Waals surface area contributed by atoms with Crippen LogP contribution in [0.4, 0.5) is 4.79 Å². The molecule has 4 amide bonds. The highest BCUT2D eigenvalue weighted by molar-refractivity contribution is 7.19. The maximum Gasteiger partial charge on any atom is 0.415 e. The molecule has 0 saturated heterocycles. The second kappa shape index (κ2) is 24.9. The number of allylic oxidation sites excluding steroid dienone is 4. The van der Waals surface area contributed by atoms with Gasteiger partial charge >= 0.3 is 12.1 Å². The first-order chi connectivity index (χ1) is 36.8. The number of unbranched alkanes of at least 4 members (excludes halogenated alkanes) is 1. The Balaban J connectivity index is 0.849. The Hall–Kier alpha value is -5.51. The number of ketones is 2. The second-order valence-electron chi connectivity index (χ2n) is 24.8. The van der Waals surface area contributed by atoms with Gasteiger partial charge in [0.15, 0.2) is 16.6 Å². The number of nitrogens with zero attached hydrogens (tertiary/aromatic N) is 4. The van der Waals surface area contributed by atoms with Crippen LogP contribution in [0.5, 0.6) is 5.75 Å².